The molecule has 0 saturated carbocycles. The second kappa shape index (κ2) is 6.88. The molecule has 0 N–H and O–H groups in total. The standard InChI is InChI=1S/C23H22N2O6/c1-11-6-12(2)13(3)19(7-11)30-16-9-14(8-15(10-16)25(28)29)24-22(26)20-17-4-5-18(31-17)21(20)23(24)27/h6-10,17-18,20-21H,4-5H2,1-3H3/t17-,18+,20-,21-/m0/s1. The first kappa shape index (κ1) is 19.7. The maximum Gasteiger partial charge on any atom is 0.275 e. The zero-order valence-electron chi connectivity index (χ0n) is 17.5. The minimum Gasteiger partial charge on any atom is -0.457 e. The molecule has 3 heterocycles. The predicted octanol–water partition coefficient (Wildman–Crippen LogP) is 3.98. The van der Waals surface area contributed by atoms with E-state index in [1.807, 2.05) is 32.9 Å². The van der Waals surface area contributed by atoms with Crippen LogP contribution in [0.25, 0.3) is 0 Å². The second-order valence-corrected chi connectivity index (χ2v) is 8.60. The summed E-state index contributed by atoms with van der Waals surface area (Å²) < 4.78 is 11.8. The predicted molar refractivity (Wildman–Crippen MR) is 111 cm³/mol. The van der Waals surface area contributed by atoms with Crippen LogP contribution < -0.4 is 9.64 Å². The van der Waals surface area contributed by atoms with Crippen molar-refractivity contribution in [2.24, 2.45) is 11.8 Å². The van der Waals surface area contributed by atoms with E-state index >= 15 is 0 Å². The molecule has 2 amide bonds. The number of fused-ring (bicyclic) bond motifs is 5. The van der Waals surface area contributed by atoms with Crippen molar-refractivity contribution in [1.82, 2.24) is 0 Å². The van der Waals surface area contributed by atoms with Gasteiger partial charge in [-0.05, 0) is 56.4 Å². The average Bonchev–Trinajstić information content (AvgIpc) is 3.39. The van der Waals surface area contributed by atoms with E-state index in [9.17, 15) is 19.7 Å². The summed E-state index contributed by atoms with van der Waals surface area (Å²) in [5, 5.41) is 11.6. The van der Waals surface area contributed by atoms with Crippen LogP contribution in [0.2, 0.25) is 0 Å². The van der Waals surface area contributed by atoms with Crippen molar-refractivity contribution in [3.63, 3.8) is 0 Å². The van der Waals surface area contributed by atoms with Crippen LogP contribution in [0.4, 0.5) is 11.4 Å². The number of nitrogens with zero attached hydrogens (tertiary/aromatic N) is 2. The summed E-state index contributed by atoms with van der Waals surface area (Å²) in [5.41, 5.74) is 2.86. The first-order valence-corrected chi connectivity index (χ1v) is 10.3. The van der Waals surface area contributed by atoms with E-state index < -0.39 is 16.8 Å². The van der Waals surface area contributed by atoms with E-state index in [1.54, 1.807) is 0 Å². The van der Waals surface area contributed by atoms with Crippen molar-refractivity contribution in [3.05, 3.63) is 57.1 Å². The summed E-state index contributed by atoms with van der Waals surface area (Å²) in [6, 6.07) is 7.95. The van der Waals surface area contributed by atoms with Gasteiger partial charge in [-0.15, -0.1) is 0 Å². The smallest absolute Gasteiger partial charge is 0.275 e. The van der Waals surface area contributed by atoms with Crippen LogP contribution in [0.5, 0.6) is 11.5 Å². The monoisotopic (exact) mass is 422 g/mol. The van der Waals surface area contributed by atoms with Gasteiger partial charge >= 0.3 is 0 Å². The normalized spacial score (nSPS) is 26.5. The van der Waals surface area contributed by atoms with Gasteiger partial charge in [0, 0.05) is 12.1 Å². The van der Waals surface area contributed by atoms with Gasteiger partial charge in [-0.3, -0.25) is 19.7 Å². The minimum atomic E-state index is -0.552. The van der Waals surface area contributed by atoms with Gasteiger partial charge in [0.1, 0.15) is 11.5 Å². The van der Waals surface area contributed by atoms with Gasteiger partial charge in [0.15, 0.2) is 0 Å². The number of nitro benzene ring substituents is 1. The Morgan fingerprint density at radius 2 is 1.65 bits per heavy atom. The first-order valence-electron chi connectivity index (χ1n) is 10.3. The van der Waals surface area contributed by atoms with Crippen LogP contribution in [0.15, 0.2) is 30.3 Å². The van der Waals surface area contributed by atoms with Crippen molar-refractivity contribution in [2.75, 3.05) is 4.90 Å². The zero-order chi connectivity index (χ0) is 22.0. The van der Waals surface area contributed by atoms with Crippen LogP contribution in [0.3, 0.4) is 0 Å². The molecule has 3 aliphatic heterocycles. The third-order valence-corrected chi connectivity index (χ3v) is 6.62. The lowest BCUT2D eigenvalue weighted by Gasteiger charge is -2.19. The topological polar surface area (TPSA) is 99.0 Å². The zero-order valence-corrected chi connectivity index (χ0v) is 17.5. The van der Waals surface area contributed by atoms with Gasteiger partial charge in [0.05, 0.1) is 40.7 Å². The molecule has 0 radical (unpaired) electrons. The van der Waals surface area contributed by atoms with E-state index in [1.165, 1.54) is 18.2 Å². The number of carbonyl (C=O) groups excluding carboxylic acids is 2. The van der Waals surface area contributed by atoms with E-state index in [0.717, 1.165) is 34.4 Å². The molecule has 3 fully saturated rings. The van der Waals surface area contributed by atoms with Crippen molar-refractivity contribution in [2.45, 2.75) is 45.8 Å². The van der Waals surface area contributed by atoms with Crippen LogP contribution in [-0.2, 0) is 14.3 Å². The lowest BCUT2D eigenvalue weighted by Crippen LogP contribution is -2.34. The Labute approximate surface area is 178 Å². The molecule has 5 rings (SSSR count). The Morgan fingerprint density at radius 3 is 2.26 bits per heavy atom. The molecular formula is C23H22N2O6. The van der Waals surface area contributed by atoms with Gasteiger partial charge in [-0.2, -0.15) is 0 Å². The minimum absolute atomic E-state index is 0.162. The number of non-ortho nitro benzene ring substituents is 1. The average molecular weight is 422 g/mol. The third kappa shape index (κ3) is 3.01. The highest BCUT2D eigenvalue weighted by molar-refractivity contribution is 6.23. The van der Waals surface area contributed by atoms with E-state index in [2.05, 4.69) is 0 Å². The maximum absolute atomic E-state index is 13.1. The Balaban J connectivity index is 1.55. The maximum atomic E-state index is 13.1. The van der Waals surface area contributed by atoms with E-state index in [0.29, 0.717) is 5.75 Å². The van der Waals surface area contributed by atoms with Crippen LogP contribution >= 0.6 is 0 Å². The molecule has 0 spiro atoms. The van der Waals surface area contributed by atoms with Crippen LogP contribution in [-0.4, -0.2) is 28.9 Å². The molecular weight excluding hydrogens is 400 g/mol. The van der Waals surface area contributed by atoms with E-state index in [-0.39, 0.29) is 41.1 Å². The lowest BCUT2D eigenvalue weighted by atomic mass is 9.81. The largest absolute Gasteiger partial charge is 0.457 e. The molecule has 31 heavy (non-hydrogen) atoms. The second-order valence-electron chi connectivity index (χ2n) is 8.60. The summed E-state index contributed by atoms with van der Waals surface area (Å²) >= 11 is 0. The number of hydrogen-bond donors (Lipinski definition) is 0. The van der Waals surface area contributed by atoms with Crippen molar-refractivity contribution in [1.29, 1.82) is 0 Å². The highest BCUT2D eigenvalue weighted by Crippen LogP contribution is 2.50. The fraction of sp³-hybridized carbons (Fsp3) is 0.391. The van der Waals surface area contributed by atoms with Gasteiger partial charge < -0.3 is 9.47 Å². The Hall–Kier alpha value is -3.26. The van der Waals surface area contributed by atoms with Crippen LogP contribution in [0.1, 0.15) is 29.5 Å². The number of imide groups is 1. The van der Waals surface area contributed by atoms with Crippen LogP contribution in [0, 0.1) is 42.7 Å². The molecule has 2 aromatic rings. The molecule has 3 saturated heterocycles. The molecule has 2 aromatic carbocycles. The van der Waals surface area contributed by atoms with Crippen molar-refractivity contribution >= 4 is 23.2 Å². The summed E-state index contributed by atoms with van der Waals surface area (Å²) in [6.45, 7) is 5.81. The molecule has 2 bridgehead atoms. The SMILES string of the molecule is Cc1cc(C)c(C)c(Oc2cc(N3C(=O)[C@@H]4[C@@H](C3=O)[C@H]3CC[C@@H]4O3)cc([N+](=O)[O-])c2)c1. The highest BCUT2D eigenvalue weighted by atomic mass is 16.6. The van der Waals surface area contributed by atoms with Gasteiger partial charge in [-0.25, -0.2) is 4.90 Å². The summed E-state index contributed by atoms with van der Waals surface area (Å²) in [7, 11) is 0. The summed E-state index contributed by atoms with van der Waals surface area (Å²) in [5.74, 6) is -0.930. The fourth-order valence-corrected chi connectivity index (χ4v) is 5.06. The molecule has 0 unspecified atom stereocenters. The Bertz CT molecular complexity index is 1120. The number of benzene rings is 2. The van der Waals surface area contributed by atoms with Crippen molar-refractivity contribution in [3.8, 4) is 11.5 Å². The number of anilines is 1. The molecule has 0 aliphatic carbocycles. The first-order chi connectivity index (χ1) is 14.7. The fourth-order valence-electron chi connectivity index (χ4n) is 5.06. The molecule has 160 valence electrons. The molecule has 3 aliphatic rings. The van der Waals surface area contributed by atoms with Gasteiger partial charge in [-0.1, -0.05) is 6.07 Å². The molecule has 8 nitrogen and oxygen atoms in total. The quantitative estimate of drug-likeness (QED) is 0.420. The number of nitro groups is 1. The molecule has 4 atom stereocenters. The van der Waals surface area contributed by atoms with Crippen molar-refractivity contribution < 1.29 is 24.0 Å². The molecule has 8 heteroatoms. The lowest BCUT2D eigenvalue weighted by molar-refractivity contribution is -0.384. The summed E-state index contributed by atoms with van der Waals surface area (Å²) in [6.07, 6.45) is 1.02. The summed E-state index contributed by atoms with van der Waals surface area (Å²) in [4.78, 5) is 38.3. The number of carbonyl (C=O) groups is 2. The number of amides is 2. The Morgan fingerprint density at radius 1 is 1.00 bits per heavy atom. The number of hydrogen-bond acceptors (Lipinski definition) is 6. The number of rotatable bonds is 4. The highest BCUT2D eigenvalue weighted by Gasteiger charge is 2.62. The number of aryl methyl sites for hydroxylation is 2. The Kier molecular flexibility index (Phi) is 4.37. The van der Waals surface area contributed by atoms with Gasteiger partial charge in [0.2, 0.25) is 11.8 Å². The van der Waals surface area contributed by atoms with E-state index in [4.69, 9.17) is 9.47 Å². The van der Waals surface area contributed by atoms with Gasteiger partial charge in [0.25, 0.3) is 5.69 Å². The molecule has 0 aromatic heterocycles. The third-order valence-electron chi connectivity index (χ3n) is 6.62. The number of ether oxygens (including phenoxy) is 2.